The summed E-state index contributed by atoms with van der Waals surface area (Å²) in [5.41, 5.74) is 2.39. The number of pyridine rings is 1. The Balaban J connectivity index is 0.00000127. The van der Waals surface area contributed by atoms with E-state index in [1.165, 1.54) is 31.9 Å². The summed E-state index contributed by atoms with van der Waals surface area (Å²) in [4.78, 5) is 18.5. The first kappa shape index (κ1) is 32.9. The molecule has 1 saturated carbocycles. The van der Waals surface area contributed by atoms with Gasteiger partial charge >= 0.3 is 0 Å². The molecule has 10 heteroatoms. The summed E-state index contributed by atoms with van der Waals surface area (Å²) in [6, 6.07) is 4.48. The van der Waals surface area contributed by atoms with Crippen molar-refractivity contribution in [2.45, 2.75) is 73.3 Å². The Morgan fingerprint density at radius 3 is 2.31 bits per heavy atom. The maximum Gasteiger partial charge on any atom is 0.229 e. The van der Waals surface area contributed by atoms with Crippen molar-refractivity contribution in [3.63, 3.8) is 0 Å². The molecule has 8 nitrogen and oxygen atoms in total. The maximum atomic E-state index is 14.7. The normalized spacial score (nSPS) is 15.6. The Morgan fingerprint density at radius 1 is 1.03 bits per heavy atom. The minimum atomic E-state index is -0.427. The van der Waals surface area contributed by atoms with Gasteiger partial charge in [-0.15, -0.1) is 11.8 Å². The monoisotopic (exact) mass is 561 g/mol. The highest BCUT2D eigenvalue weighted by molar-refractivity contribution is 8.08. The van der Waals surface area contributed by atoms with Crippen molar-refractivity contribution < 1.29 is 9.50 Å². The predicted octanol–water partition coefficient (Wildman–Crippen LogP) is 5.89. The summed E-state index contributed by atoms with van der Waals surface area (Å²) in [6.45, 7) is 16.5. The summed E-state index contributed by atoms with van der Waals surface area (Å²) in [5.74, 6) is 1.24. The molecule has 1 saturated heterocycles. The Morgan fingerprint density at radius 2 is 1.72 bits per heavy atom. The summed E-state index contributed by atoms with van der Waals surface area (Å²) in [5, 5.41) is 15.8. The molecule has 3 N–H and O–H groups in total. The molecule has 2 aromatic rings. The number of rotatable bonds is 10. The highest BCUT2D eigenvalue weighted by Gasteiger charge is 2.19. The van der Waals surface area contributed by atoms with Crippen molar-refractivity contribution in [2.24, 2.45) is 0 Å². The second-order valence-corrected chi connectivity index (χ2v) is 10.3. The van der Waals surface area contributed by atoms with Gasteiger partial charge in [0.25, 0.3) is 0 Å². The molecule has 0 aromatic carbocycles. The minimum absolute atomic E-state index is 0.195. The molecule has 2 aromatic heterocycles. The first-order chi connectivity index (χ1) is 19.0. The van der Waals surface area contributed by atoms with E-state index in [0.717, 1.165) is 54.8 Å². The van der Waals surface area contributed by atoms with E-state index >= 15 is 0 Å². The van der Waals surface area contributed by atoms with Crippen molar-refractivity contribution in [2.75, 3.05) is 55.4 Å². The predicted molar refractivity (Wildman–Crippen MR) is 164 cm³/mol. The molecule has 4 rings (SSSR count). The zero-order valence-corrected chi connectivity index (χ0v) is 25.5. The smallest absolute Gasteiger partial charge is 0.229 e. The van der Waals surface area contributed by atoms with E-state index in [1.54, 1.807) is 11.8 Å². The van der Waals surface area contributed by atoms with Crippen LogP contribution in [-0.2, 0) is 0 Å². The highest BCUT2D eigenvalue weighted by Crippen LogP contribution is 2.32. The third-order valence-corrected chi connectivity index (χ3v) is 7.70. The molecule has 0 amide bonds. The number of hydrogen-bond acceptors (Lipinski definition) is 9. The van der Waals surface area contributed by atoms with Crippen LogP contribution in [0, 0.1) is 5.82 Å². The Hall–Kier alpha value is -2.27. The maximum absolute atomic E-state index is 14.7. The molecule has 0 atom stereocenters. The first-order valence-electron chi connectivity index (χ1n) is 14.4. The molecule has 1 aliphatic carbocycles. The van der Waals surface area contributed by atoms with E-state index < -0.39 is 5.82 Å². The van der Waals surface area contributed by atoms with Crippen LogP contribution in [0.4, 0.5) is 21.8 Å². The standard InChI is InChI=1S/C25H36FN7OS.2C2H6/c1-18(2)24(35-17-29-19-5-3-4-6-19)23-21(26)16-28-25(31-23)30-22-8-7-20(15-27-22)33-11-9-32(10-12-33)13-14-34;2*1-2/h7-8,15-16,19,29,34H,3-6,9-14,17H2,1-2H3,(H,27,28,30,31);2*1-2H3. The fourth-order valence-corrected chi connectivity index (χ4v) is 5.56. The lowest BCUT2D eigenvalue weighted by molar-refractivity contribution is 0.189. The van der Waals surface area contributed by atoms with Crippen molar-refractivity contribution >= 4 is 34.1 Å². The number of aliphatic hydroxyl groups is 1. The average molecular weight is 562 g/mol. The Bertz CT molecular complexity index is 988. The van der Waals surface area contributed by atoms with Gasteiger partial charge in [-0.1, -0.05) is 46.1 Å². The van der Waals surface area contributed by atoms with Gasteiger partial charge in [0.1, 0.15) is 11.5 Å². The van der Waals surface area contributed by atoms with Gasteiger partial charge < -0.3 is 20.6 Å². The van der Waals surface area contributed by atoms with Crippen LogP contribution in [-0.4, -0.2) is 76.2 Å². The van der Waals surface area contributed by atoms with Crippen molar-refractivity contribution in [1.29, 1.82) is 0 Å². The molecule has 1 aliphatic heterocycles. The fourth-order valence-electron chi connectivity index (χ4n) is 4.53. The molecule has 0 unspecified atom stereocenters. The van der Waals surface area contributed by atoms with Crippen molar-refractivity contribution in [3.8, 4) is 0 Å². The Labute approximate surface area is 238 Å². The number of aromatic nitrogens is 3. The number of anilines is 3. The summed E-state index contributed by atoms with van der Waals surface area (Å²) in [6.07, 6.45) is 8.05. The minimum Gasteiger partial charge on any atom is -0.395 e. The van der Waals surface area contributed by atoms with Gasteiger partial charge in [-0.25, -0.2) is 19.3 Å². The number of aliphatic hydroxyl groups excluding tert-OH is 1. The molecule has 0 spiro atoms. The molecule has 39 heavy (non-hydrogen) atoms. The lowest BCUT2D eigenvalue weighted by atomic mass is 10.2. The molecule has 218 valence electrons. The zero-order chi connectivity index (χ0) is 28.6. The third-order valence-electron chi connectivity index (χ3n) is 6.50. The molecule has 2 aliphatic rings. The molecule has 2 fully saturated rings. The van der Waals surface area contributed by atoms with E-state index in [0.29, 0.717) is 23.5 Å². The second-order valence-electron chi connectivity index (χ2n) is 9.27. The van der Waals surface area contributed by atoms with Crippen molar-refractivity contribution in [1.82, 2.24) is 25.2 Å². The van der Waals surface area contributed by atoms with Gasteiger partial charge in [0.15, 0.2) is 5.82 Å². The number of halogens is 1. The fraction of sp³-hybridized carbons (Fsp3) is 0.621. The van der Waals surface area contributed by atoms with Crippen LogP contribution in [0.25, 0.3) is 4.91 Å². The summed E-state index contributed by atoms with van der Waals surface area (Å²) >= 11 is 1.59. The van der Waals surface area contributed by atoms with Crippen LogP contribution in [0.2, 0.25) is 0 Å². The van der Waals surface area contributed by atoms with Crippen LogP contribution in [0.3, 0.4) is 0 Å². The van der Waals surface area contributed by atoms with Gasteiger partial charge in [-0.3, -0.25) is 4.90 Å². The number of nitrogens with one attached hydrogen (secondary N) is 2. The Kier molecular flexibility index (Phi) is 15.3. The second kappa shape index (κ2) is 18.1. The van der Waals surface area contributed by atoms with E-state index in [2.05, 4.69) is 35.4 Å². The quantitative estimate of drug-likeness (QED) is 0.307. The molecule has 3 heterocycles. The largest absolute Gasteiger partial charge is 0.395 e. The van der Waals surface area contributed by atoms with Gasteiger partial charge in [0.05, 0.1) is 24.7 Å². The van der Waals surface area contributed by atoms with Gasteiger partial charge in [0, 0.05) is 49.5 Å². The van der Waals surface area contributed by atoms with Crippen LogP contribution in [0.15, 0.2) is 30.1 Å². The van der Waals surface area contributed by atoms with Gasteiger partial charge in [-0.2, -0.15) is 0 Å². The van der Waals surface area contributed by atoms with E-state index in [-0.39, 0.29) is 6.61 Å². The molecule has 0 bridgehead atoms. The number of piperazine rings is 1. The van der Waals surface area contributed by atoms with Gasteiger partial charge in [0.2, 0.25) is 5.95 Å². The van der Waals surface area contributed by atoms with E-state index in [4.69, 9.17) is 5.11 Å². The number of nitrogens with zero attached hydrogens (tertiary/aromatic N) is 5. The average Bonchev–Trinajstić information content (AvgIpc) is 3.49. The molecular formula is C29H48FN7OS. The topological polar surface area (TPSA) is 89.4 Å². The van der Waals surface area contributed by atoms with E-state index in [9.17, 15) is 4.39 Å². The summed E-state index contributed by atoms with van der Waals surface area (Å²) < 4.78 is 14.7. The molecular weight excluding hydrogens is 513 g/mol. The van der Waals surface area contributed by atoms with Gasteiger partial charge in [-0.05, 0) is 38.8 Å². The lowest BCUT2D eigenvalue weighted by Gasteiger charge is -2.35. The lowest BCUT2D eigenvalue weighted by Crippen LogP contribution is -2.47. The third kappa shape index (κ3) is 10.3. The molecule has 0 radical (unpaired) electrons. The van der Waals surface area contributed by atoms with Crippen molar-refractivity contribution in [3.05, 3.63) is 41.6 Å². The number of β-amino-alcohol motifs (C(OH)–C–C–N with tert-alkyl or cyclic N) is 1. The number of hydrogen-bond donors (Lipinski definition) is 3. The van der Waals surface area contributed by atoms with Crippen LogP contribution >= 0.6 is 11.8 Å². The number of thioether (sulfide) groups is 1. The first-order valence-corrected chi connectivity index (χ1v) is 15.4. The van der Waals surface area contributed by atoms with E-state index in [1.807, 2.05) is 59.9 Å². The zero-order valence-electron chi connectivity index (χ0n) is 24.6. The van der Waals surface area contributed by atoms with Crippen LogP contribution < -0.4 is 15.5 Å². The van der Waals surface area contributed by atoms with Crippen LogP contribution in [0.5, 0.6) is 0 Å². The highest BCUT2D eigenvalue weighted by atomic mass is 32.2. The summed E-state index contributed by atoms with van der Waals surface area (Å²) in [7, 11) is 0. The van der Waals surface area contributed by atoms with Crippen LogP contribution in [0.1, 0.15) is 72.9 Å². The SMILES string of the molecule is CC.CC.CC(C)=C(SCNC1CCCC1)c1nc(Nc2ccc(N3CCN(CCO)CC3)cn2)ncc1F. The number of allylic oxidation sites excluding steroid dienone is 1.